The van der Waals surface area contributed by atoms with Crippen molar-refractivity contribution in [3.05, 3.63) is 34.6 Å². The Hall–Kier alpha value is -1.18. The van der Waals surface area contributed by atoms with Gasteiger partial charge in [-0.05, 0) is 40.7 Å². The fourth-order valence-electron chi connectivity index (χ4n) is 2.03. The molecule has 0 spiro atoms. The molecule has 0 amide bonds. The highest BCUT2D eigenvalue weighted by Gasteiger charge is 2.15. The molecule has 0 unspecified atom stereocenters. The minimum atomic E-state index is -0.206. The lowest BCUT2D eigenvalue weighted by Gasteiger charge is -2.18. The Morgan fingerprint density at radius 3 is 1.88 bits per heavy atom. The van der Waals surface area contributed by atoms with E-state index in [9.17, 15) is 9.18 Å². The van der Waals surface area contributed by atoms with E-state index in [1.807, 2.05) is 27.7 Å². The van der Waals surface area contributed by atoms with Crippen LogP contribution in [0.4, 0.5) is 4.39 Å². The van der Waals surface area contributed by atoms with Crippen molar-refractivity contribution >= 4 is 6.29 Å². The highest BCUT2D eigenvalue weighted by Crippen LogP contribution is 2.29. The molecule has 1 aromatic rings. The van der Waals surface area contributed by atoms with Gasteiger partial charge in [-0.15, -0.1) is 0 Å². The van der Waals surface area contributed by atoms with Crippen LogP contribution in [0.1, 0.15) is 56.2 Å². The Kier molecular flexibility index (Phi) is 4.22. The third-order valence-corrected chi connectivity index (χ3v) is 2.82. The molecule has 0 saturated heterocycles. The number of aldehydes is 1. The maximum absolute atomic E-state index is 13.5. The summed E-state index contributed by atoms with van der Waals surface area (Å²) in [6.07, 6.45) is 1.27. The van der Waals surface area contributed by atoms with Gasteiger partial charge in [0.25, 0.3) is 0 Å². The average Bonchev–Trinajstić information content (AvgIpc) is 2.19. The normalized spacial score (nSPS) is 11.2. The van der Waals surface area contributed by atoms with Gasteiger partial charge in [0, 0.05) is 6.42 Å². The van der Waals surface area contributed by atoms with Gasteiger partial charge in [-0.2, -0.15) is 0 Å². The first-order chi connectivity index (χ1) is 7.47. The Morgan fingerprint density at radius 1 is 1.12 bits per heavy atom. The van der Waals surface area contributed by atoms with E-state index < -0.39 is 0 Å². The molecular weight excluding hydrogens is 203 g/mol. The zero-order valence-electron chi connectivity index (χ0n) is 10.4. The minimum Gasteiger partial charge on any atom is -0.303 e. The van der Waals surface area contributed by atoms with Crippen molar-refractivity contribution in [2.24, 2.45) is 0 Å². The molecule has 16 heavy (non-hydrogen) atoms. The predicted molar refractivity (Wildman–Crippen MR) is 64.3 cm³/mol. The smallest absolute Gasteiger partial charge is 0.124 e. The lowest BCUT2D eigenvalue weighted by Crippen LogP contribution is -2.05. The van der Waals surface area contributed by atoms with Crippen LogP contribution in [-0.2, 0) is 11.2 Å². The molecule has 0 bridgehead atoms. The number of benzene rings is 1. The van der Waals surface area contributed by atoms with Crippen LogP contribution < -0.4 is 0 Å². The minimum absolute atomic E-state index is 0.206. The molecule has 1 aromatic carbocycles. The van der Waals surface area contributed by atoms with E-state index in [1.165, 1.54) is 0 Å². The fraction of sp³-hybridized carbons (Fsp3) is 0.500. The summed E-state index contributed by atoms with van der Waals surface area (Å²) in [6.45, 7) is 8.08. The molecule has 0 N–H and O–H groups in total. The molecular formula is C14H19FO. The molecule has 1 rings (SSSR count). The van der Waals surface area contributed by atoms with Gasteiger partial charge in [-0.1, -0.05) is 27.7 Å². The van der Waals surface area contributed by atoms with Gasteiger partial charge in [-0.3, -0.25) is 0 Å². The van der Waals surface area contributed by atoms with Gasteiger partial charge in [-0.25, -0.2) is 4.39 Å². The largest absolute Gasteiger partial charge is 0.303 e. The number of carbonyl (C=O) groups is 1. The quantitative estimate of drug-likeness (QED) is 0.708. The first-order valence-electron chi connectivity index (χ1n) is 5.73. The highest BCUT2D eigenvalue weighted by molar-refractivity contribution is 5.58. The first kappa shape index (κ1) is 12.9. The van der Waals surface area contributed by atoms with Crippen LogP contribution in [0, 0.1) is 5.82 Å². The predicted octanol–water partition coefficient (Wildman–Crippen LogP) is 3.81. The van der Waals surface area contributed by atoms with Crippen LogP contribution in [0.3, 0.4) is 0 Å². The molecule has 0 fully saturated rings. The Bertz CT molecular complexity index is 351. The van der Waals surface area contributed by atoms with Gasteiger partial charge in [0.15, 0.2) is 0 Å². The third-order valence-electron chi connectivity index (χ3n) is 2.82. The van der Waals surface area contributed by atoms with E-state index in [4.69, 9.17) is 0 Å². The summed E-state index contributed by atoms with van der Waals surface area (Å²) in [5.41, 5.74) is 2.91. The number of hydrogen-bond acceptors (Lipinski definition) is 1. The number of hydrogen-bond donors (Lipinski definition) is 0. The number of halogens is 1. The summed E-state index contributed by atoms with van der Waals surface area (Å²) < 4.78 is 13.5. The summed E-state index contributed by atoms with van der Waals surface area (Å²) in [5.74, 6) is 0.272. The van der Waals surface area contributed by atoms with E-state index >= 15 is 0 Å². The average molecular weight is 222 g/mol. The molecule has 0 heterocycles. The number of carbonyl (C=O) groups excluding carboxylic acids is 1. The van der Waals surface area contributed by atoms with Crippen molar-refractivity contribution in [1.29, 1.82) is 0 Å². The van der Waals surface area contributed by atoms with Gasteiger partial charge < -0.3 is 4.79 Å². The summed E-state index contributed by atoms with van der Waals surface area (Å²) in [6, 6.07) is 3.10. The monoisotopic (exact) mass is 222 g/mol. The molecule has 0 aliphatic heterocycles. The van der Waals surface area contributed by atoms with Crippen LogP contribution in [0.5, 0.6) is 0 Å². The molecule has 0 aliphatic rings. The second kappa shape index (κ2) is 5.24. The van der Waals surface area contributed by atoms with Crippen molar-refractivity contribution in [3.63, 3.8) is 0 Å². The van der Waals surface area contributed by atoms with E-state index in [0.29, 0.717) is 6.42 Å². The molecule has 0 aliphatic carbocycles. The molecule has 0 aromatic heterocycles. The van der Waals surface area contributed by atoms with Crippen molar-refractivity contribution in [1.82, 2.24) is 0 Å². The topological polar surface area (TPSA) is 17.1 Å². The van der Waals surface area contributed by atoms with E-state index in [1.54, 1.807) is 12.1 Å². The van der Waals surface area contributed by atoms with E-state index in [0.717, 1.165) is 23.0 Å². The lowest BCUT2D eigenvalue weighted by atomic mass is 9.87. The van der Waals surface area contributed by atoms with Crippen molar-refractivity contribution in [2.45, 2.75) is 46.0 Å². The summed E-state index contributed by atoms with van der Waals surface area (Å²) >= 11 is 0. The van der Waals surface area contributed by atoms with Crippen molar-refractivity contribution in [3.8, 4) is 0 Å². The third kappa shape index (κ3) is 2.69. The first-order valence-corrected chi connectivity index (χ1v) is 5.73. The van der Waals surface area contributed by atoms with Gasteiger partial charge in [0.2, 0.25) is 0 Å². The Morgan fingerprint density at radius 2 is 1.56 bits per heavy atom. The Labute approximate surface area is 96.7 Å². The lowest BCUT2D eigenvalue weighted by molar-refractivity contribution is -0.107. The van der Waals surface area contributed by atoms with Crippen molar-refractivity contribution < 1.29 is 9.18 Å². The molecule has 0 atom stereocenters. The fourth-order valence-corrected chi connectivity index (χ4v) is 2.03. The van der Waals surface area contributed by atoms with Crippen LogP contribution in [0.25, 0.3) is 0 Å². The van der Waals surface area contributed by atoms with E-state index in [-0.39, 0.29) is 17.7 Å². The molecule has 2 heteroatoms. The zero-order valence-corrected chi connectivity index (χ0v) is 10.4. The summed E-state index contributed by atoms with van der Waals surface area (Å²) in [5, 5.41) is 0. The maximum Gasteiger partial charge on any atom is 0.124 e. The second-order valence-electron chi connectivity index (χ2n) is 4.74. The van der Waals surface area contributed by atoms with Crippen molar-refractivity contribution in [2.75, 3.05) is 0 Å². The zero-order chi connectivity index (χ0) is 12.3. The van der Waals surface area contributed by atoms with Crippen LogP contribution >= 0.6 is 0 Å². The van der Waals surface area contributed by atoms with E-state index in [2.05, 4.69) is 0 Å². The standard InChI is InChI=1S/C14H19FO/c1-9(2)13-7-11(15)8-14(10(3)4)12(13)5-6-16/h6-10H,5H2,1-4H3. The van der Waals surface area contributed by atoms with Crippen LogP contribution in [0.15, 0.2) is 12.1 Å². The van der Waals surface area contributed by atoms with Crippen LogP contribution in [-0.4, -0.2) is 6.29 Å². The molecule has 0 radical (unpaired) electrons. The van der Waals surface area contributed by atoms with Crippen LogP contribution in [0.2, 0.25) is 0 Å². The molecule has 0 saturated carbocycles. The molecule has 88 valence electrons. The summed E-state index contributed by atoms with van der Waals surface area (Å²) in [7, 11) is 0. The van der Waals surface area contributed by atoms with Gasteiger partial charge in [0.1, 0.15) is 12.1 Å². The van der Waals surface area contributed by atoms with Gasteiger partial charge >= 0.3 is 0 Å². The Balaban J connectivity index is 3.40. The highest BCUT2D eigenvalue weighted by atomic mass is 19.1. The molecule has 1 nitrogen and oxygen atoms in total. The SMILES string of the molecule is CC(C)c1cc(F)cc(C(C)C)c1CC=O. The second-order valence-corrected chi connectivity index (χ2v) is 4.74. The maximum atomic E-state index is 13.5. The number of rotatable bonds is 4. The summed E-state index contributed by atoms with van der Waals surface area (Å²) in [4.78, 5) is 10.7. The van der Waals surface area contributed by atoms with Gasteiger partial charge in [0.05, 0.1) is 0 Å².